The molecule has 1 aliphatic heterocycles. The fourth-order valence-corrected chi connectivity index (χ4v) is 3.98. The molecule has 0 aliphatic carbocycles. The number of methoxy groups -OCH3 is 3. The van der Waals surface area contributed by atoms with Crippen LogP contribution in [-0.2, 0) is 6.54 Å². The zero-order valence-electron chi connectivity index (χ0n) is 18.3. The van der Waals surface area contributed by atoms with E-state index in [2.05, 4.69) is 25.9 Å². The molecule has 0 bridgehead atoms. The molecule has 0 atom stereocenters. The van der Waals surface area contributed by atoms with E-state index in [0.717, 1.165) is 18.8 Å². The van der Waals surface area contributed by atoms with E-state index < -0.39 is 0 Å². The number of rotatable bonds is 7. The molecule has 1 N–H and O–H groups in total. The molecule has 164 valence electrons. The summed E-state index contributed by atoms with van der Waals surface area (Å²) in [5, 5.41) is 0.312. The van der Waals surface area contributed by atoms with Gasteiger partial charge < -0.3 is 24.0 Å². The van der Waals surface area contributed by atoms with Gasteiger partial charge in [0.15, 0.2) is 11.5 Å². The molecule has 1 aliphatic rings. The lowest BCUT2D eigenvalue weighted by atomic mass is 10.2. The number of benzene rings is 1. The van der Waals surface area contributed by atoms with Gasteiger partial charge in [0.1, 0.15) is 5.39 Å². The molecule has 9 heteroatoms. The number of fused-ring (bicyclic) bond motifs is 1. The molecule has 1 fully saturated rings. The number of hydrogen-bond donors (Lipinski definition) is 1. The van der Waals surface area contributed by atoms with Crippen molar-refractivity contribution < 1.29 is 14.2 Å². The normalized spacial score (nSPS) is 13.5. The lowest BCUT2D eigenvalue weighted by Gasteiger charge is -2.21. The first-order valence-electron chi connectivity index (χ1n) is 10.2. The summed E-state index contributed by atoms with van der Waals surface area (Å²) in [5.74, 6) is 1.52. The van der Waals surface area contributed by atoms with E-state index in [4.69, 9.17) is 14.2 Å². The van der Waals surface area contributed by atoms with Crippen LogP contribution in [0.25, 0.3) is 10.9 Å². The highest BCUT2D eigenvalue weighted by molar-refractivity contribution is 5.90. The monoisotopic (exact) mass is 425 g/mol. The van der Waals surface area contributed by atoms with E-state index in [1.807, 2.05) is 24.2 Å². The molecule has 0 amide bonds. The molecule has 0 saturated carbocycles. The molecule has 9 nitrogen and oxygen atoms in total. The van der Waals surface area contributed by atoms with Crippen LogP contribution in [0, 0.1) is 0 Å². The second kappa shape index (κ2) is 8.71. The van der Waals surface area contributed by atoms with Crippen LogP contribution in [0.3, 0.4) is 0 Å². The van der Waals surface area contributed by atoms with Gasteiger partial charge in [-0.3, -0.25) is 14.8 Å². The molecule has 0 radical (unpaired) electrons. The maximum absolute atomic E-state index is 12.9. The van der Waals surface area contributed by atoms with Gasteiger partial charge in [0, 0.05) is 38.1 Å². The van der Waals surface area contributed by atoms with E-state index >= 15 is 0 Å². The predicted octanol–water partition coefficient (Wildman–Crippen LogP) is 2.58. The number of H-pyrrole nitrogens is 1. The van der Waals surface area contributed by atoms with Gasteiger partial charge in [-0.2, -0.15) is 0 Å². The Morgan fingerprint density at radius 1 is 1.10 bits per heavy atom. The van der Waals surface area contributed by atoms with Crippen LogP contribution in [-0.4, -0.2) is 56.4 Å². The van der Waals surface area contributed by atoms with E-state index in [9.17, 15) is 4.79 Å². The third-order valence-electron chi connectivity index (χ3n) is 5.52. The molecule has 0 unspecified atom stereocenters. The Morgan fingerprint density at radius 3 is 2.52 bits per heavy atom. The van der Waals surface area contributed by atoms with Crippen LogP contribution < -0.4 is 29.6 Å². The van der Waals surface area contributed by atoms with Gasteiger partial charge in [-0.15, -0.1) is 0 Å². The summed E-state index contributed by atoms with van der Waals surface area (Å²) in [6.45, 7) is 2.65. The fraction of sp³-hybridized carbons (Fsp3) is 0.409. The first kappa shape index (κ1) is 20.8. The van der Waals surface area contributed by atoms with Gasteiger partial charge in [0.2, 0.25) is 11.7 Å². The van der Waals surface area contributed by atoms with Crippen molar-refractivity contribution in [3.8, 4) is 17.2 Å². The summed E-state index contributed by atoms with van der Waals surface area (Å²) in [6, 6.07) is 5.81. The highest BCUT2D eigenvalue weighted by atomic mass is 16.5. The first-order valence-corrected chi connectivity index (χ1v) is 10.2. The van der Waals surface area contributed by atoms with Gasteiger partial charge in [-0.25, -0.2) is 4.98 Å². The zero-order valence-corrected chi connectivity index (χ0v) is 18.3. The molecule has 4 rings (SSSR count). The van der Waals surface area contributed by atoms with Gasteiger partial charge >= 0.3 is 0 Å². The van der Waals surface area contributed by atoms with Crippen molar-refractivity contribution in [3.63, 3.8) is 0 Å². The van der Waals surface area contributed by atoms with Crippen LogP contribution in [0.4, 0.5) is 11.6 Å². The number of anilines is 2. The Balaban J connectivity index is 1.68. The number of hydrogen-bond acceptors (Lipinski definition) is 8. The van der Waals surface area contributed by atoms with Gasteiger partial charge in [-0.05, 0) is 25.0 Å². The zero-order chi connectivity index (χ0) is 22.0. The topological polar surface area (TPSA) is 92.8 Å². The van der Waals surface area contributed by atoms with E-state index in [-0.39, 0.29) is 5.56 Å². The highest BCUT2D eigenvalue weighted by Gasteiger charge is 2.21. The maximum Gasteiger partial charge on any atom is 0.264 e. The number of nitrogens with zero attached hydrogens (tertiary/aromatic N) is 4. The van der Waals surface area contributed by atoms with E-state index in [1.165, 1.54) is 39.9 Å². The number of aromatic amines is 1. The predicted molar refractivity (Wildman–Crippen MR) is 120 cm³/mol. The summed E-state index contributed by atoms with van der Waals surface area (Å²) in [7, 11) is 6.38. The summed E-state index contributed by atoms with van der Waals surface area (Å²) >= 11 is 0. The van der Waals surface area contributed by atoms with E-state index in [1.54, 1.807) is 6.07 Å². The summed E-state index contributed by atoms with van der Waals surface area (Å²) in [4.78, 5) is 29.1. The lowest BCUT2D eigenvalue weighted by Crippen LogP contribution is -2.24. The minimum absolute atomic E-state index is 0.291. The largest absolute Gasteiger partial charge is 0.493 e. The minimum Gasteiger partial charge on any atom is -0.493 e. The average Bonchev–Trinajstić information content (AvgIpc) is 3.32. The molecule has 0 spiro atoms. The standard InChI is InChI=1S/C22H27N5O4/c1-26(13-14-11-15(7-8-23-14)27-9-5-6-10-27)22-24-16-12-17(29-2)19(30-3)20(31-4)18(16)21(28)25-22/h7-8,11-12H,5-6,9-10,13H2,1-4H3,(H,24,25,28). The Kier molecular flexibility index (Phi) is 5.83. The second-order valence-electron chi connectivity index (χ2n) is 7.48. The Hall–Kier alpha value is -3.49. The van der Waals surface area contributed by atoms with Crippen LogP contribution in [0.15, 0.2) is 29.2 Å². The van der Waals surface area contributed by atoms with Crippen LogP contribution >= 0.6 is 0 Å². The maximum atomic E-state index is 12.9. The van der Waals surface area contributed by atoms with Crippen molar-refractivity contribution in [1.29, 1.82) is 0 Å². The first-order chi connectivity index (χ1) is 15.0. The molecule has 1 aromatic carbocycles. The van der Waals surface area contributed by atoms with Gasteiger partial charge in [0.05, 0.1) is 39.1 Å². The molecule has 1 saturated heterocycles. The molecule has 3 heterocycles. The number of ether oxygens (including phenoxy) is 3. The minimum atomic E-state index is -0.316. The van der Waals surface area contributed by atoms with Crippen LogP contribution in [0.2, 0.25) is 0 Å². The lowest BCUT2D eigenvalue weighted by molar-refractivity contribution is 0.327. The number of nitrogens with one attached hydrogen (secondary N) is 1. The Bertz CT molecular complexity index is 1140. The molecule has 31 heavy (non-hydrogen) atoms. The molecule has 2 aromatic heterocycles. The second-order valence-corrected chi connectivity index (χ2v) is 7.48. The third kappa shape index (κ3) is 3.95. The highest BCUT2D eigenvalue weighted by Crippen LogP contribution is 2.41. The van der Waals surface area contributed by atoms with Crippen molar-refractivity contribution in [3.05, 3.63) is 40.4 Å². The van der Waals surface area contributed by atoms with Gasteiger partial charge in [-0.1, -0.05) is 0 Å². The SMILES string of the molecule is COc1cc2nc(N(C)Cc3cc(N4CCCC4)ccn3)[nH]c(=O)c2c(OC)c1OC. The van der Waals surface area contributed by atoms with Crippen LogP contribution in [0.1, 0.15) is 18.5 Å². The van der Waals surface area contributed by atoms with Crippen molar-refractivity contribution in [2.75, 3.05) is 51.3 Å². The van der Waals surface area contributed by atoms with Crippen molar-refractivity contribution >= 4 is 22.5 Å². The summed E-state index contributed by atoms with van der Waals surface area (Å²) in [5.41, 5.74) is 2.22. The summed E-state index contributed by atoms with van der Waals surface area (Å²) in [6.07, 6.45) is 4.27. The number of aromatic nitrogens is 3. The average molecular weight is 425 g/mol. The molecular formula is C22H27N5O4. The third-order valence-corrected chi connectivity index (χ3v) is 5.52. The Labute approximate surface area is 180 Å². The van der Waals surface area contributed by atoms with Crippen molar-refractivity contribution in [2.45, 2.75) is 19.4 Å². The molecule has 3 aromatic rings. The van der Waals surface area contributed by atoms with E-state index in [0.29, 0.717) is 40.6 Å². The van der Waals surface area contributed by atoms with Crippen LogP contribution in [0.5, 0.6) is 17.2 Å². The summed E-state index contributed by atoms with van der Waals surface area (Å²) < 4.78 is 16.2. The van der Waals surface area contributed by atoms with Crippen molar-refractivity contribution in [1.82, 2.24) is 15.0 Å². The fourth-order valence-electron chi connectivity index (χ4n) is 3.98. The number of pyridine rings is 1. The quantitative estimate of drug-likeness (QED) is 0.618. The smallest absolute Gasteiger partial charge is 0.264 e. The molecular weight excluding hydrogens is 398 g/mol. The Morgan fingerprint density at radius 2 is 1.84 bits per heavy atom. The van der Waals surface area contributed by atoms with Crippen molar-refractivity contribution in [2.24, 2.45) is 0 Å². The van der Waals surface area contributed by atoms with Gasteiger partial charge in [0.25, 0.3) is 5.56 Å².